The Morgan fingerprint density at radius 1 is 1.10 bits per heavy atom. The molecule has 20 heavy (non-hydrogen) atoms. The first kappa shape index (κ1) is 14.1. The molecule has 0 atom stereocenters. The average Bonchev–Trinajstić information content (AvgIpc) is 2.39. The molecule has 104 valence electrons. The molecule has 0 fully saturated rings. The molecule has 0 bridgehead atoms. The second-order valence-corrected chi connectivity index (χ2v) is 5.05. The molecule has 2 rings (SSSR count). The van der Waals surface area contributed by atoms with Crippen LogP contribution in [0.25, 0.3) is 0 Å². The van der Waals surface area contributed by atoms with Gasteiger partial charge in [0.15, 0.2) is 0 Å². The molecular weight excluding hydrogens is 248 g/mol. The quantitative estimate of drug-likeness (QED) is 0.883. The lowest BCUT2D eigenvalue weighted by Gasteiger charge is -2.11. The number of hydrogen-bond donors (Lipinski definition) is 2. The van der Waals surface area contributed by atoms with Gasteiger partial charge in [0.25, 0.3) is 0 Å². The third-order valence-corrected chi connectivity index (χ3v) is 3.12. The maximum Gasteiger partial charge on any atom is 0.221 e. The van der Waals surface area contributed by atoms with Gasteiger partial charge in [0.1, 0.15) is 0 Å². The molecule has 3 nitrogen and oxygen atoms in total. The molecule has 0 aliphatic carbocycles. The van der Waals surface area contributed by atoms with Crippen molar-refractivity contribution in [2.45, 2.75) is 27.3 Å². The van der Waals surface area contributed by atoms with Crippen LogP contribution in [-0.2, 0) is 11.3 Å². The highest BCUT2D eigenvalue weighted by molar-refractivity contribution is 5.89. The van der Waals surface area contributed by atoms with Gasteiger partial charge in [-0.05, 0) is 43.2 Å². The van der Waals surface area contributed by atoms with Crippen molar-refractivity contribution in [3.8, 4) is 0 Å². The second kappa shape index (κ2) is 6.24. The minimum atomic E-state index is -0.0476. The van der Waals surface area contributed by atoms with Gasteiger partial charge in [-0.3, -0.25) is 4.79 Å². The average molecular weight is 268 g/mol. The fourth-order valence-electron chi connectivity index (χ4n) is 2.13. The van der Waals surface area contributed by atoms with Crippen molar-refractivity contribution in [2.75, 3.05) is 10.6 Å². The number of amides is 1. The van der Waals surface area contributed by atoms with Crippen LogP contribution in [0, 0.1) is 13.8 Å². The summed E-state index contributed by atoms with van der Waals surface area (Å²) in [5.41, 5.74) is 5.49. The Bertz CT molecular complexity index is 620. The molecule has 0 aliphatic rings. The van der Waals surface area contributed by atoms with E-state index in [0.29, 0.717) is 0 Å². The van der Waals surface area contributed by atoms with Crippen LogP contribution in [0.15, 0.2) is 42.5 Å². The lowest BCUT2D eigenvalue weighted by molar-refractivity contribution is -0.114. The summed E-state index contributed by atoms with van der Waals surface area (Å²) in [6.45, 7) is 6.39. The normalized spacial score (nSPS) is 10.2. The smallest absolute Gasteiger partial charge is 0.221 e. The molecule has 2 N–H and O–H groups in total. The molecule has 0 radical (unpaired) electrons. The molecular formula is C17H20N2O. The van der Waals surface area contributed by atoms with Gasteiger partial charge in [0.05, 0.1) is 0 Å². The second-order valence-electron chi connectivity index (χ2n) is 5.05. The molecule has 0 spiro atoms. The molecule has 3 heteroatoms. The molecule has 2 aromatic rings. The zero-order chi connectivity index (χ0) is 14.5. The van der Waals surface area contributed by atoms with E-state index in [9.17, 15) is 4.79 Å². The van der Waals surface area contributed by atoms with Crippen LogP contribution in [0.5, 0.6) is 0 Å². The maximum atomic E-state index is 11.1. The van der Waals surface area contributed by atoms with Gasteiger partial charge in [-0.1, -0.05) is 29.8 Å². The molecule has 1 amide bonds. The fourth-order valence-corrected chi connectivity index (χ4v) is 2.13. The third kappa shape index (κ3) is 3.85. The Hall–Kier alpha value is -2.29. The van der Waals surface area contributed by atoms with Crippen molar-refractivity contribution in [1.29, 1.82) is 0 Å². The maximum absolute atomic E-state index is 11.1. The van der Waals surface area contributed by atoms with Crippen molar-refractivity contribution in [3.05, 3.63) is 59.2 Å². The van der Waals surface area contributed by atoms with Gasteiger partial charge in [-0.2, -0.15) is 0 Å². The van der Waals surface area contributed by atoms with E-state index in [0.717, 1.165) is 23.5 Å². The van der Waals surface area contributed by atoms with Crippen LogP contribution in [0.2, 0.25) is 0 Å². The molecule has 0 heterocycles. The molecule has 0 aliphatic heterocycles. The fraction of sp³-hybridized carbons (Fsp3) is 0.235. The first-order valence-corrected chi connectivity index (χ1v) is 6.72. The number of benzene rings is 2. The number of aryl methyl sites for hydroxylation is 2. The lowest BCUT2D eigenvalue weighted by atomic mass is 10.1. The van der Waals surface area contributed by atoms with E-state index in [1.165, 1.54) is 18.1 Å². The Balaban J connectivity index is 2.03. The highest BCUT2D eigenvalue weighted by atomic mass is 16.1. The summed E-state index contributed by atoms with van der Waals surface area (Å²) >= 11 is 0. The predicted octanol–water partition coefficient (Wildman–Crippen LogP) is 3.87. The van der Waals surface area contributed by atoms with Crippen molar-refractivity contribution in [2.24, 2.45) is 0 Å². The van der Waals surface area contributed by atoms with Gasteiger partial charge in [0.2, 0.25) is 5.91 Å². The van der Waals surface area contributed by atoms with E-state index in [2.05, 4.69) is 41.8 Å². The standard InChI is InChI=1S/C17H20N2O/c1-12-5-4-6-15(9-12)11-18-16-7-8-17(13(2)10-16)19-14(3)20/h4-10,18H,11H2,1-3H3,(H,19,20). The van der Waals surface area contributed by atoms with Gasteiger partial charge >= 0.3 is 0 Å². The molecule has 0 saturated heterocycles. The molecule has 2 aromatic carbocycles. The number of hydrogen-bond acceptors (Lipinski definition) is 2. The first-order chi connectivity index (χ1) is 9.54. The summed E-state index contributed by atoms with van der Waals surface area (Å²) in [6.07, 6.45) is 0. The number of rotatable bonds is 4. The summed E-state index contributed by atoms with van der Waals surface area (Å²) in [6, 6.07) is 14.4. The van der Waals surface area contributed by atoms with Crippen molar-refractivity contribution < 1.29 is 4.79 Å². The zero-order valence-corrected chi connectivity index (χ0v) is 12.2. The molecule has 0 unspecified atom stereocenters. The zero-order valence-electron chi connectivity index (χ0n) is 12.2. The predicted molar refractivity (Wildman–Crippen MR) is 84.0 cm³/mol. The summed E-state index contributed by atoms with van der Waals surface area (Å²) < 4.78 is 0. The summed E-state index contributed by atoms with van der Waals surface area (Å²) in [7, 11) is 0. The van der Waals surface area contributed by atoms with E-state index in [-0.39, 0.29) is 5.91 Å². The minimum absolute atomic E-state index is 0.0476. The number of nitrogens with one attached hydrogen (secondary N) is 2. The van der Waals surface area contributed by atoms with Crippen molar-refractivity contribution >= 4 is 17.3 Å². The largest absolute Gasteiger partial charge is 0.381 e. The van der Waals surface area contributed by atoms with Crippen LogP contribution in [0.4, 0.5) is 11.4 Å². The molecule has 0 saturated carbocycles. The Morgan fingerprint density at radius 2 is 1.90 bits per heavy atom. The van der Waals surface area contributed by atoms with Crippen LogP contribution < -0.4 is 10.6 Å². The first-order valence-electron chi connectivity index (χ1n) is 6.72. The number of carbonyl (C=O) groups is 1. The third-order valence-electron chi connectivity index (χ3n) is 3.12. The Kier molecular flexibility index (Phi) is 4.41. The Morgan fingerprint density at radius 3 is 2.55 bits per heavy atom. The monoisotopic (exact) mass is 268 g/mol. The highest BCUT2D eigenvalue weighted by Gasteiger charge is 2.02. The molecule has 0 aromatic heterocycles. The van der Waals surface area contributed by atoms with Gasteiger partial charge in [-0.15, -0.1) is 0 Å². The van der Waals surface area contributed by atoms with Gasteiger partial charge in [0, 0.05) is 24.8 Å². The lowest BCUT2D eigenvalue weighted by Crippen LogP contribution is -2.07. The summed E-state index contributed by atoms with van der Waals surface area (Å²) in [4.78, 5) is 11.1. The van der Waals surface area contributed by atoms with E-state index >= 15 is 0 Å². The van der Waals surface area contributed by atoms with Gasteiger partial charge in [-0.25, -0.2) is 0 Å². The SMILES string of the molecule is CC(=O)Nc1ccc(NCc2cccc(C)c2)cc1C. The van der Waals surface area contributed by atoms with Crippen LogP contribution in [0.1, 0.15) is 23.6 Å². The van der Waals surface area contributed by atoms with E-state index < -0.39 is 0 Å². The van der Waals surface area contributed by atoms with E-state index in [1.54, 1.807) is 0 Å². The van der Waals surface area contributed by atoms with Crippen LogP contribution >= 0.6 is 0 Å². The number of carbonyl (C=O) groups excluding carboxylic acids is 1. The Labute approximate surface area is 120 Å². The van der Waals surface area contributed by atoms with Crippen LogP contribution in [0.3, 0.4) is 0 Å². The van der Waals surface area contributed by atoms with Crippen molar-refractivity contribution in [1.82, 2.24) is 0 Å². The van der Waals surface area contributed by atoms with E-state index in [4.69, 9.17) is 0 Å². The number of anilines is 2. The van der Waals surface area contributed by atoms with E-state index in [1.807, 2.05) is 25.1 Å². The highest BCUT2D eigenvalue weighted by Crippen LogP contribution is 2.20. The topological polar surface area (TPSA) is 41.1 Å². The van der Waals surface area contributed by atoms with Gasteiger partial charge < -0.3 is 10.6 Å². The van der Waals surface area contributed by atoms with Crippen LogP contribution in [-0.4, -0.2) is 5.91 Å². The summed E-state index contributed by atoms with van der Waals surface area (Å²) in [5.74, 6) is -0.0476. The summed E-state index contributed by atoms with van der Waals surface area (Å²) in [5, 5.41) is 6.21. The van der Waals surface area contributed by atoms with Crippen molar-refractivity contribution in [3.63, 3.8) is 0 Å². The minimum Gasteiger partial charge on any atom is -0.381 e.